The van der Waals surface area contributed by atoms with Gasteiger partial charge in [0.05, 0.1) is 0 Å². The highest BCUT2D eigenvalue weighted by Crippen LogP contribution is 1.94. The summed E-state index contributed by atoms with van der Waals surface area (Å²) in [6, 6.07) is 0. The lowest BCUT2D eigenvalue weighted by atomic mass is 10.4. The molecule has 1 aromatic heterocycles. The number of nitrogens with zero attached hydrogens (tertiary/aromatic N) is 4. The second-order valence-corrected chi connectivity index (χ2v) is 5.27. The largest absolute Gasteiger partial charge is 0.385 e. The first-order valence-corrected chi connectivity index (χ1v) is 8.77. The maximum atomic E-state index is 5.35. The van der Waals surface area contributed by atoms with E-state index in [4.69, 9.17) is 9.47 Å². The smallest absolute Gasteiger partial charge is 0.191 e. The average Bonchev–Trinajstić information content (AvgIpc) is 3.05. The van der Waals surface area contributed by atoms with Crippen LogP contribution in [0.1, 0.15) is 32.5 Å². The van der Waals surface area contributed by atoms with Gasteiger partial charge < -0.3 is 24.7 Å². The molecule has 8 nitrogen and oxygen atoms in total. The fourth-order valence-electron chi connectivity index (χ4n) is 2.13. The summed E-state index contributed by atoms with van der Waals surface area (Å²) < 4.78 is 12.5. The Hall–Kier alpha value is -0.940. The van der Waals surface area contributed by atoms with Crippen LogP contribution in [-0.2, 0) is 22.4 Å². The Morgan fingerprint density at radius 1 is 1.20 bits per heavy atom. The topological polar surface area (TPSA) is 85.6 Å². The number of methoxy groups -OCH3 is 1. The average molecular weight is 468 g/mol. The minimum Gasteiger partial charge on any atom is -0.385 e. The van der Waals surface area contributed by atoms with Gasteiger partial charge >= 0.3 is 0 Å². The number of aromatic nitrogens is 3. The van der Waals surface area contributed by atoms with Gasteiger partial charge in [-0.2, -0.15) is 0 Å². The molecule has 0 fully saturated rings. The van der Waals surface area contributed by atoms with Crippen LogP contribution in [0.4, 0.5) is 0 Å². The minimum atomic E-state index is 0. The number of nitrogens with one attached hydrogen (secondary N) is 2. The molecule has 146 valence electrons. The molecule has 0 aliphatic carbocycles. The number of halogens is 1. The molecule has 0 radical (unpaired) electrons. The first kappa shape index (κ1) is 24.1. The van der Waals surface area contributed by atoms with Crippen LogP contribution in [-0.4, -0.2) is 67.3 Å². The number of aryl methyl sites for hydroxylation is 1. The number of guanidine groups is 1. The zero-order valence-electron chi connectivity index (χ0n) is 15.7. The number of hydrogen-bond donors (Lipinski definition) is 2. The second-order valence-electron chi connectivity index (χ2n) is 5.27. The number of hydrogen-bond acceptors (Lipinski definition) is 5. The molecule has 0 aliphatic rings. The molecule has 0 saturated heterocycles. The fraction of sp³-hybridized carbons (Fsp3) is 0.812. The third-order valence-corrected chi connectivity index (χ3v) is 3.40. The summed E-state index contributed by atoms with van der Waals surface area (Å²) in [6.45, 7) is 9.49. The standard InChI is InChI=1S/C16H32N6O2.HI/c1-4-15-21-20-14-22(15)11-10-19-16(17-8-6-12-23-3)18-9-7-13-24-5-2;/h14H,4-13H2,1-3H3,(H2,17,18,19);1H. The van der Waals surface area contributed by atoms with Gasteiger partial charge in [-0.15, -0.1) is 34.2 Å². The quantitative estimate of drug-likeness (QED) is 0.197. The molecule has 9 heteroatoms. The van der Waals surface area contributed by atoms with E-state index in [1.54, 1.807) is 13.4 Å². The lowest BCUT2D eigenvalue weighted by molar-refractivity contribution is 0.145. The van der Waals surface area contributed by atoms with Gasteiger partial charge in [0.1, 0.15) is 12.2 Å². The van der Waals surface area contributed by atoms with E-state index in [0.29, 0.717) is 0 Å². The second kappa shape index (κ2) is 16.5. The van der Waals surface area contributed by atoms with Crippen molar-refractivity contribution in [1.29, 1.82) is 0 Å². The zero-order chi connectivity index (χ0) is 17.5. The summed E-state index contributed by atoms with van der Waals surface area (Å²) in [4.78, 5) is 4.57. The van der Waals surface area contributed by atoms with Gasteiger partial charge in [-0.25, -0.2) is 0 Å². The Bertz CT molecular complexity index is 456. The molecule has 0 aliphatic heterocycles. The van der Waals surface area contributed by atoms with E-state index in [1.807, 2.05) is 6.92 Å². The van der Waals surface area contributed by atoms with E-state index in [-0.39, 0.29) is 24.0 Å². The molecule has 0 unspecified atom stereocenters. The number of ether oxygens (including phenoxy) is 2. The summed E-state index contributed by atoms with van der Waals surface area (Å²) in [5, 5.41) is 14.7. The third kappa shape index (κ3) is 11.3. The van der Waals surface area contributed by atoms with Crippen LogP contribution in [0.3, 0.4) is 0 Å². The van der Waals surface area contributed by atoms with Crippen LogP contribution in [0.15, 0.2) is 11.3 Å². The summed E-state index contributed by atoms with van der Waals surface area (Å²) >= 11 is 0. The SMILES string of the molecule is CCOCCCNC(=NCCCOC)NCCn1cnnc1CC.I. The minimum absolute atomic E-state index is 0. The highest BCUT2D eigenvalue weighted by molar-refractivity contribution is 14.0. The van der Waals surface area contributed by atoms with Crippen LogP contribution in [0.2, 0.25) is 0 Å². The Morgan fingerprint density at radius 3 is 2.72 bits per heavy atom. The summed E-state index contributed by atoms with van der Waals surface area (Å²) in [6.07, 6.45) is 4.52. The van der Waals surface area contributed by atoms with Crippen molar-refractivity contribution in [3.63, 3.8) is 0 Å². The first-order chi connectivity index (χ1) is 11.8. The summed E-state index contributed by atoms with van der Waals surface area (Å²) in [7, 11) is 1.71. The van der Waals surface area contributed by atoms with Gasteiger partial charge in [-0.05, 0) is 19.8 Å². The van der Waals surface area contributed by atoms with Gasteiger partial charge in [0, 0.05) is 59.5 Å². The molecular weight excluding hydrogens is 435 g/mol. The van der Waals surface area contributed by atoms with Crippen LogP contribution < -0.4 is 10.6 Å². The van der Waals surface area contributed by atoms with Crippen molar-refractivity contribution in [1.82, 2.24) is 25.4 Å². The third-order valence-electron chi connectivity index (χ3n) is 3.40. The molecule has 0 atom stereocenters. The van der Waals surface area contributed by atoms with E-state index in [0.717, 1.165) is 77.0 Å². The van der Waals surface area contributed by atoms with Crippen molar-refractivity contribution >= 4 is 29.9 Å². The van der Waals surface area contributed by atoms with Crippen molar-refractivity contribution in [2.45, 2.75) is 39.7 Å². The van der Waals surface area contributed by atoms with Gasteiger partial charge in [-0.1, -0.05) is 6.92 Å². The van der Waals surface area contributed by atoms with Crippen LogP contribution >= 0.6 is 24.0 Å². The van der Waals surface area contributed by atoms with Gasteiger partial charge in [0.2, 0.25) is 0 Å². The molecule has 0 amide bonds. The summed E-state index contributed by atoms with van der Waals surface area (Å²) in [5.41, 5.74) is 0. The van der Waals surface area contributed by atoms with E-state index < -0.39 is 0 Å². The monoisotopic (exact) mass is 468 g/mol. The van der Waals surface area contributed by atoms with E-state index in [2.05, 4.69) is 37.3 Å². The molecule has 2 N–H and O–H groups in total. The first-order valence-electron chi connectivity index (χ1n) is 8.77. The molecule has 0 saturated carbocycles. The zero-order valence-corrected chi connectivity index (χ0v) is 18.0. The Morgan fingerprint density at radius 2 is 2.00 bits per heavy atom. The molecule has 25 heavy (non-hydrogen) atoms. The normalized spacial score (nSPS) is 11.2. The fourth-order valence-corrected chi connectivity index (χ4v) is 2.13. The van der Waals surface area contributed by atoms with Gasteiger partial charge in [0.25, 0.3) is 0 Å². The highest BCUT2D eigenvalue weighted by atomic mass is 127. The van der Waals surface area contributed by atoms with E-state index >= 15 is 0 Å². The van der Waals surface area contributed by atoms with Crippen LogP contribution in [0, 0.1) is 0 Å². The van der Waals surface area contributed by atoms with Crippen molar-refractivity contribution in [3.05, 3.63) is 12.2 Å². The Kier molecular flexibility index (Phi) is 15.9. The highest BCUT2D eigenvalue weighted by Gasteiger charge is 2.02. The molecular formula is C16H33IN6O2. The molecule has 0 spiro atoms. The number of aliphatic imine (C=N–C) groups is 1. The summed E-state index contributed by atoms with van der Waals surface area (Å²) in [5.74, 6) is 1.83. The van der Waals surface area contributed by atoms with Crippen LogP contribution in [0.5, 0.6) is 0 Å². The molecule has 1 aromatic rings. The van der Waals surface area contributed by atoms with Gasteiger partial charge in [0.15, 0.2) is 5.96 Å². The molecule has 1 rings (SSSR count). The van der Waals surface area contributed by atoms with Crippen molar-refractivity contribution in [2.75, 3.05) is 46.6 Å². The molecule has 1 heterocycles. The van der Waals surface area contributed by atoms with E-state index in [9.17, 15) is 0 Å². The number of rotatable bonds is 13. The lowest BCUT2D eigenvalue weighted by Gasteiger charge is -2.13. The van der Waals surface area contributed by atoms with Crippen molar-refractivity contribution in [3.8, 4) is 0 Å². The molecule has 0 aromatic carbocycles. The predicted molar refractivity (Wildman–Crippen MR) is 111 cm³/mol. The predicted octanol–water partition coefficient (Wildman–Crippen LogP) is 1.46. The van der Waals surface area contributed by atoms with Crippen molar-refractivity contribution < 1.29 is 9.47 Å². The van der Waals surface area contributed by atoms with E-state index in [1.165, 1.54) is 0 Å². The van der Waals surface area contributed by atoms with Gasteiger partial charge in [-0.3, -0.25) is 4.99 Å². The Balaban J connectivity index is 0.00000576. The lowest BCUT2D eigenvalue weighted by Crippen LogP contribution is -2.40. The maximum absolute atomic E-state index is 5.35. The van der Waals surface area contributed by atoms with Crippen molar-refractivity contribution in [2.24, 2.45) is 4.99 Å². The Labute approximate surface area is 168 Å². The maximum Gasteiger partial charge on any atom is 0.191 e. The van der Waals surface area contributed by atoms with Crippen LogP contribution in [0.25, 0.3) is 0 Å². The molecule has 0 bridgehead atoms.